The third-order valence-electron chi connectivity index (χ3n) is 7.64. The van der Waals surface area contributed by atoms with Crippen LogP contribution in [0.15, 0.2) is 45.6 Å². The van der Waals surface area contributed by atoms with Gasteiger partial charge in [-0.3, -0.25) is 9.13 Å². The van der Waals surface area contributed by atoms with E-state index in [1.807, 2.05) is 0 Å². The number of fused-ring (bicyclic) bond motifs is 1. The molecule has 1 aliphatic carbocycles. The average molecular weight is 516 g/mol. The van der Waals surface area contributed by atoms with Gasteiger partial charge in [0.1, 0.15) is 11.6 Å². The molecule has 3 heterocycles. The minimum Gasteiger partial charge on any atom is -0.415 e. The highest BCUT2D eigenvalue weighted by Gasteiger charge is 2.31. The summed E-state index contributed by atoms with van der Waals surface area (Å²) in [6.07, 6.45) is 2.44. The highest BCUT2D eigenvalue weighted by molar-refractivity contribution is 5.76. The average Bonchev–Trinajstić information content (AvgIpc) is 3.44. The molecule has 7 nitrogen and oxygen atoms in total. The number of hydrogen-bond donors (Lipinski definition) is 0. The van der Waals surface area contributed by atoms with Crippen molar-refractivity contribution >= 4 is 11.0 Å². The molecule has 194 valence electrons. The zero-order chi connectivity index (χ0) is 25.7. The third-order valence-corrected chi connectivity index (χ3v) is 7.64. The van der Waals surface area contributed by atoms with Crippen molar-refractivity contribution < 1.29 is 22.0 Å². The molecule has 6 rings (SSSR count). The third kappa shape index (κ3) is 4.35. The molecule has 1 aliphatic heterocycles. The van der Waals surface area contributed by atoms with E-state index < -0.39 is 24.0 Å². The lowest BCUT2D eigenvalue weighted by Crippen LogP contribution is -2.46. The summed E-state index contributed by atoms with van der Waals surface area (Å²) >= 11 is 0. The van der Waals surface area contributed by atoms with Gasteiger partial charge in [0.2, 0.25) is 5.89 Å². The molecular weight excluding hydrogens is 490 g/mol. The molecule has 1 saturated carbocycles. The zero-order valence-electron chi connectivity index (χ0n) is 19.9. The Bertz CT molecular complexity index is 1500. The summed E-state index contributed by atoms with van der Waals surface area (Å²) in [6, 6.07) is 8.85. The van der Waals surface area contributed by atoms with E-state index in [1.54, 1.807) is 10.6 Å². The lowest BCUT2D eigenvalue weighted by molar-refractivity contribution is 0.0867. The monoisotopic (exact) mass is 515 g/mol. The van der Waals surface area contributed by atoms with Crippen LogP contribution in [-0.4, -0.2) is 43.4 Å². The zero-order valence-corrected chi connectivity index (χ0v) is 19.9. The number of halogens is 4. The molecule has 37 heavy (non-hydrogen) atoms. The van der Waals surface area contributed by atoms with E-state index in [9.17, 15) is 18.0 Å². The number of alkyl halides is 2. The first-order valence-electron chi connectivity index (χ1n) is 12.4. The standard InChI is InChI=1S/C26H25F4N5O2/c27-17-6-7-21-22(13-17)34(26(36)35(21)19-8-10-33(11-9-19)18-2-1-3-18)14-16-5-4-15(12-20(16)28)24-31-32-25(37-24)23(29)30/h4-7,12-13,18-19,23H,1-3,8-11,14H2. The van der Waals surface area contributed by atoms with E-state index in [-0.39, 0.29) is 35.3 Å². The molecule has 0 spiro atoms. The van der Waals surface area contributed by atoms with Crippen LogP contribution >= 0.6 is 0 Å². The highest BCUT2D eigenvalue weighted by atomic mass is 19.3. The van der Waals surface area contributed by atoms with Crippen LogP contribution in [0.2, 0.25) is 0 Å². The van der Waals surface area contributed by atoms with Gasteiger partial charge in [-0.25, -0.2) is 13.6 Å². The van der Waals surface area contributed by atoms with E-state index in [1.165, 1.54) is 48.1 Å². The predicted octanol–water partition coefficient (Wildman–Crippen LogP) is 5.31. The first kappa shape index (κ1) is 23.9. The molecule has 2 aliphatic rings. The Kier molecular flexibility index (Phi) is 6.10. The second kappa shape index (κ2) is 9.44. The molecule has 0 radical (unpaired) electrons. The molecule has 0 unspecified atom stereocenters. The van der Waals surface area contributed by atoms with E-state index >= 15 is 4.39 Å². The number of benzene rings is 2. The normalized spacial score (nSPS) is 17.6. The summed E-state index contributed by atoms with van der Waals surface area (Å²) in [5.41, 5.74) is 1.02. The van der Waals surface area contributed by atoms with Crippen LogP contribution in [0.1, 0.15) is 56.0 Å². The minimum atomic E-state index is -2.93. The molecule has 1 saturated heterocycles. The molecule has 4 aromatic rings. The SMILES string of the molecule is O=c1n(Cc2ccc(-c3nnc(C(F)F)o3)cc2F)c2cc(F)ccc2n1C1CCN(C2CCC2)CC1. The van der Waals surface area contributed by atoms with Gasteiger partial charge in [0.15, 0.2) is 0 Å². The lowest BCUT2D eigenvalue weighted by Gasteiger charge is -2.42. The van der Waals surface area contributed by atoms with Crippen molar-refractivity contribution in [2.45, 2.75) is 57.2 Å². The summed E-state index contributed by atoms with van der Waals surface area (Å²) in [4.78, 5) is 16.1. The maximum atomic E-state index is 15.1. The molecule has 0 amide bonds. The van der Waals surface area contributed by atoms with Gasteiger partial charge in [-0.2, -0.15) is 8.78 Å². The van der Waals surface area contributed by atoms with Crippen molar-refractivity contribution in [2.75, 3.05) is 13.1 Å². The Morgan fingerprint density at radius 1 is 0.946 bits per heavy atom. The molecule has 0 N–H and O–H groups in total. The number of aromatic nitrogens is 4. The second-order valence-corrected chi connectivity index (χ2v) is 9.78. The van der Waals surface area contributed by atoms with Gasteiger partial charge in [-0.05, 0) is 56.0 Å². The van der Waals surface area contributed by atoms with Gasteiger partial charge in [-0.15, -0.1) is 10.2 Å². The van der Waals surface area contributed by atoms with Crippen LogP contribution < -0.4 is 5.69 Å². The molecule has 2 fully saturated rings. The number of rotatable bonds is 6. The first-order chi connectivity index (χ1) is 17.9. The predicted molar refractivity (Wildman–Crippen MR) is 127 cm³/mol. The Labute approximate surface area is 209 Å². The van der Waals surface area contributed by atoms with E-state index in [0.29, 0.717) is 17.1 Å². The quantitative estimate of drug-likeness (QED) is 0.326. The van der Waals surface area contributed by atoms with Crippen LogP contribution in [0.25, 0.3) is 22.5 Å². The van der Waals surface area contributed by atoms with Crippen LogP contribution in [0.5, 0.6) is 0 Å². The van der Waals surface area contributed by atoms with Gasteiger partial charge < -0.3 is 9.32 Å². The Morgan fingerprint density at radius 3 is 2.38 bits per heavy atom. The lowest BCUT2D eigenvalue weighted by atomic mass is 9.89. The first-order valence-corrected chi connectivity index (χ1v) is 12.4. The summed E-state index contributed by atoms with van der Waals surface area (Å²) in [5, 5.41) is 6.80. The fraction of sp³-hybridized carbons (Fsp3) is 0.423. The van der Waals surface area contributed by atoms with Gasteiger partial charge >= 0.3 is 12.1 Å². The van der Waals surface area contributed by atoms with Crippen molar-refractivity contribution in [1.82, 2.24) is 24.2 Å². The Morgan fingerprint density at radius 2 is 1.73 bits per heavy atom. The number of piperidine rings is 1. The number of imidazole rings is 1. The summed E-state index contributed by atoms with van der Waals surface area (Å²) in [7, 11) is 0. The highest BCUT2D eigenvalue weighted by Crippen LogP contribution is 2.32. The largest absolute Gasteiger partial charge is 0.415 e. The molecule has 2 aromatic carbocycles. The number of hydrogen-bond acceptors (Lipinski definition) is 5. The van der Waals surface area contributed by atoms with E-state index in [2.05, 4.69) is 15.1 Å². The Balaban J connectivity index is 1.31. The van der Waals surface area contributed by atoms with Crippen molar-refractivity contribution in [2.24, 2.45) is 0 Å². The topological polar surface area (TPSA) is 69.1 Å². The van der Waals surface area contributed by atoms with Gasteiger partial charge in [-0.1, -0.05) is 12.5 Å². The van der Waals surface area contributed by atoms with Crippen LogP contribution in [0.3, 0.4) is 0 Å². The molecular formula is C26H25F4N5O2. The number of likely N-dealkylation sites (tertiary alicyclic amines) is 1. The van der Waals surface area contributed by atoms with Crippen LogP contribution in [-0.2, 0) is 6.54 Å². The molecule has 11 heteroatoms. The summed E-state index contributed by atoms with van der Waals surface area (Å²) < 4.78 is 62.8. The van der Waals surface area contributed by atoms with Crippen molar-refractivity contribution in [3.8, 4) is 11.5 Å². The second-order valence-electron chi connectivity index (χ2n) is 9.78. The fourth-order valence-corrected chi connectivity index (χ4v) is 5.44. The molecule has 0 atom stereocenters. The van der Waals surface area contributed by atoms with E-state index in [0.717, 1.165) is 32.0 Å². The minimum absolute atomic E-state index is 0.0215. The summed E-state index contributed by atoms with van der Waals surface area (Å²) in [6.45, 7) is 1.70. The van der Waals surface area contributed by atoms with Gasteiger partial charge in [0.25, 0.3) is 5.89 Å². The Hall–Kier alpha value is -3.47. The van der Waals surface area contributed by atoms with Crippen molar-refractivity contribution in [3.05, 3.63) is 70.0 Å². The van der Waals surface area contributed by atoms with E-state index in [4.69, 9.17) is 4.42 Å². The number of nitrogens with zero attached hydrogens (tertiary/aromatic N) is 5. The maximum absolute atomic E-state index is 15.1. The van der Waals surface area contributed by atoms with Crippen LogP contribution in [0, 0.1) is 11.6 Å². The van der Waals surface area contributed by atoms with Crippen molar-refractivity contribution in [3.63, 3.8) is 0 Å². The van der Waals surface area contributed by atoms with Crippen molar-refractivity contribution in [1.29, 1.82) is 0 Å². The fourth-order valence-electron chi connectivity index (χ4n) is 5.44. The molecule has 2 aromatic heterocycles. The smallest absolute Gasteiger partial charge is 0.329 e. The summed E-state index contributed by atoms with van der Waals surface area (Å²) in [5.74, 6) is -2.24. The molecule has 0 bridgehead atoms. The van der Waals surface area contributed by atoms with Gasteiger partial charge in [0, 0.05) is 36.3 Å². The van der Waals surface area contributed by atoms with Gasteiger partial charge in [0.05, 0.1) is 17.6 Å². The maximum Gasteiger partial charge on any atom is 0.329 e. The van der Waals surface area contributed by atoms with Crippen LogP contribution in [0.4, 0.5) is 17.6 Å².